The molecule has 0 aromatic carbocycles. The fourth-order valence-corrected chi connectivity index (χ4v) is 3.38. The van der Waals surface area contributed by atoms with Gasteiger partial charge in [-0.2, -0.15) is 0 Å². The number of hydrogen-bond donors (Lipinski definition) is 2. The molecule has 0 saturated heterocycles. The number of nitrogens with one attached hydrogen (secondary N) is 1. The van der Waals surface area contributed by atoms with Gasteiger partial charge in [-0.15, -0.1) is 11.3 Å². The monoisotopic (exact) mass is 274 g/mol. The SMILES string of the molecule is CCCCC(CC)CC(NN)c1sccc1Cl. The largest absolute Gasteiger partial charge is 0.271 e. The Morgan fingerprint density at radius 3 is 2.71 bits per heavy atom. The lowest BCUT2D eigenvalue weighted by atomic mass is 9.92. The van der Waals surface area contributed by atoms with Gasteiger partial charge in [0.05, 0.1) is 11.1 Å². The topological polar surface area (TPSA) is 38.0 Å². The first-order chi connectivity index (χ1) is 8.22. The van der Waals surface area contributed by atoms with Gasteiger partial charge in [0.15, 0.2) is 0 Å². The molecule has 0 aliphatic rings. The zero-order valence-electron chi connectivity index (χ0n) is 10.7. The summed E-state index contributed by atoms with van der Waals surface area (Å²) >= 11 is 7.84. The average Bonchev–Trinajstić information content (AvgIpc) is 2.76. The Kier molecular flexibility index (Phi) is 7.12. The predicted octanol–water partition coefficient (Wildman–Crippen LogP) is 4.51. The van der Waals surface area contributed by atoms with Crippen LogP contribution in [0.25, 0.3) is 0 Å². The Hall–Kier alpha value is -0.0900. The Morgan fingerprint density at radius 2 is 2.24 bits per heavy atom. The molecule has 2 nitrogen and oxygen atoms in total. The molecule has 0 fully saturated rings. The van der Waals surface area contributed by atoms with Crippen LogP contribution in [0.3, 0.4) is 0 Å². The van der Waals surface area contributed by atoms with Crippen LogP contribution in [0.2, 0.25) is 5.02 Å². The number of nitrogens with two attached hydrogens (primary N) is 1. The van der Waals surface area contributed by atoms with E-state index in [9.17, 15) is 0 Å². The highest BCUT2D eigenvalue weighted by Gasteiger charge is 2.19. The summed E-state index contributed by atoms with van der Waals surface area (Å²) in [7, 11) is 0. The maximum Gasteiger partial charge on any atom is 0.0570 e. The second-order valence-corrected chi connectivity index (χ2v) is 5.86. The molecule has 0 spiro atoms. The van der Waals surface area contributed by atoms with Gasteiger partial charge in [0.1, 0.15) is 0 Å². The molecule has 4 heteroatoms. The first-order valence-corrected chi connectivity index (χ1v) is 7.67. The molecule has 2 atom stereocenters. The Labute approximate surface area is 114 Å². The third kappa shape index (κ3) is 4.59. The lowest BCUT2D eigenvalue weighted by molar-refractivity contribution is 0.359. The summed E-state index contributed by atoms with van der Waals surface area (Å²) in [5, 5.41) is 2.86. The zero-order chi connectivity index (χ0) is 12.7. The molecule has 0 aliphatic carbocycles. The molecule has 0 aliphatic heterocycles. The first kappa shape index (κ1) is 15.0. The van der Waals surface area contributed by atoms with E-state index in [1.165, 1.54) is 30.6 Å². The van der Waals surface area contributed by atoms with Crippen LogP contribution in [0.5, 0.6) is 0 Å². The fraction of sp³-hybridized carbons (Fsp3) is 0.692. The summed E-state index contributed by atoms with van der Waals surface area (Å²) in [6.07, 6.45) is 6.13. The Morgan fingerprint density at radius 1 is 1.47 bits per heavy atom. The van der Waals surface area contributed by atoms with Crippen molar-refractivity contribution in [2.24, 2.45) is 11.8 Å². The number of halogens is 1. The van der Waals surface area contributed by atoms with Gasteiger partial charge in [-0.05, 0) is 23.8 Å². The van der Waals surface area contributed by atoms with Crippen molar-refractivity contribution in [3.8, 4) is 0 Å². The van der Waals surface area contributed by atoms with E-state index in [2.05, 4.69) is 19.3 Å². The smallest absolute Gasteiger partial charge is 0.0570 e. The van der Waals surface area contributed by atoms with Gasteiger partial charge < -0.3 is 0 Å². The molecule has 0 bridgehead atoms. The van der Waals surface area contributed by atoms with E-state index in [0.29, 0.717) is 0 Å². The summed E-state index contributed by atoms with van der Waals surface area (Å²) in [6, 6.07) is 2.14. The maximum absolute atomic E-state index is 6.16. The van der Waals surface area contributed by atoms with Crippen LogP contribution in [0.4, 0.5) is 0 Å². The molecule has 3 N–H and O–H groups in total. The predicted molar refractivity (Wildman–Crippen MR) is 77.3 cm³/mol. The van der Waals surface area contributed by atoms with Crippen molar-refractivity contribution in [2.75, 3.05) is 0 Å². The molecule has 1 rings (SSSR count). The average molecular weight is 275 g/mol. The third-order valence-corrected chi connectivity index (χ3v) is 4.75. The summed E-state index contributed by atoms with van der Waals surface area (Å²) < 4.78 is 0. The Balaban J connectivity index is 2.59. The first-order valence-electron chi connectivity index (χ1n) is 6.41. The van der Waals surface area contributed by atoms with Crippen LogP contribution in [0.1, 0.15) is 56.9 Å². The molecule has 1 aromatic rings. The van der Waals surface area contributed by atoms with E-state index in [1.54, 1.807) is 11.3 Å². The lowest BCUT2D eigenvalue weighted by Crippen LogP contribution is -2.29. The summed E-state index contributed by atoms with van der Waals surface area (Å²) in [5.41, 5.74) is 2.91. The van der Waals surface area contributed by atoms with Crippen LogP contribution < -0.4 is 11.3 Å². The highest BCUT2D eigenvalue weighted by Crippen LogP contribution is 2.33. The Bertz CT molecular complexity index is 314. The molecule has 17 heavy (non-hydrogen) atoms. The van der Waals surface area contributed by atoms with Crippen molar-refractivity contribution in [1.29, 1.82) is 0 Å². The van der Waals surface area contributed by atoms with Crippen LogP contribution in [-0.2, 0) is 0 Å². The lowest BCUT2D eigenvalue weighted by Gasteiger charge is -2.21. The minimum atomic E-state index is 0.198. The van der Waals surface area contributed by atoms with Gasteiger partial charge in [-0.1, -0.05) is 51.1 Å². The van der Waals surface area contributed by atoms with Crippen molar-refractivity contribution >= 4 is 22.9 Å². The molecule has 0 amide bonds. The quantitative estimate of drug-likeness (QED) is 0.541. The maximum atomic E-state index is 6.16. The molecule has 1 aromatic heterocycles. The molecule has 98 valence electrons. The number of rotatable bonds is 8. The third-order valence-electron chi connectivity index (χ3n) is 3.27. The second kappa shape index (κ2) is 8.09. The molecule has 1 heterocycles. The molecule has 2 unspecified atom stereocenters. The molecular weight excluding hydrogens is 252 g/mol. The van der Waals surface area contributed by atoms with Gasteiger partial charge in [0, 0.05) is 4.88 Å². The molecular formula is C13H23ClN2S. The zero-order valence-corrected chi connectivity index (χ0v) is 12.3. The highest BCUT2D eigenvalue weighted by atomic mass is 35.5. The second-order valence-electron chi connectivity index (χ2n) is 4.50. The summed E-state index contributed by atoms with van der Waals surface area (Å²) in [4.78, 5) is 1.17. The normalized spacial score (nSPS) is 14.8. The van der Waals surface area contributed by atoms with E-state index in [0.717, 1.165) is 17.4 Å². The fourth-order valence-electron chi connectivity index (χ4n) is 2.12. The van der Waals surface area contributed by atoms with Crippen LogP contribution in [0, 0.1) is 5.92 Å². The van der Waals surface area contributed by atoms with Crippen molar-refractivity contribution in [1.82, 2.24) is 5.43 Å². The van der Waals surface area contributed by atoms with Crippen molar-refractivity contribution in [3.05, 3.63) is 21.3 Å². The van der Waals surface area contributed by atoms with Gasteiger partial charge in [-0.3, -0.25) is 11.3 Å². The van der Waals surface area contributed by atoms with Gasteiger partial charge in [-0.25, -0.2) is 0 Å². The van der Waals surface area contributed by atoms with Crippen LogP contribution in [0.15, 0.2) is 11.4 Å². The summed E-state index contributed by atoms with van der Waals surface area (Å²) in [6.45, 7) is 4.49. The van der Waals surface area contributed by atoms with Gasteiger partial charge in [0.2, 0.25) is 0 Å². The van der Waals surface area contributed by atoms with E-state index in [-0.39, 0.29) is 6.04 Å². The van der Waals surface area contributed by atoms with Crippen molar-refractivity contribution in [3.63, 3.8) is 0 Å². The minimum absolute atomic E-state index is 0.198. The van der Waals surface area contributed by atoms with E-state index >= 15 is 0 Å². The van der Waals surface area contributed by atoms with Crippen molar-refractivity contribution < 1.29 is 0 Å². The van der Waals surface area contributed by atoms with E-state index < -0.39 is 0 Å². The van der Waals surface area contributed by atoms with E-state index in [1.807, 2.05) is 11.4 Å². The number of unbranched alkanes of at least 4 members (excludes halogenated alkanes) is 1. The molecule has 0 saturated carbocycles. The number of hydrazine groups is 1. The van der Waals surface area contributed by atoms with E-state index in [4.69, 9.17) is 17.4 Å². The van der Waals surface area contributed by atoms with Gasteiger partial charge in [0.25, 0.3) is 0 Å². The molecule has 0 radical (unpaired) electrons. The van der Waals surface area contributed by atoms with Crippen molar-refractivity contribution in [2.45, 2.75) is 52.0 Å². The number of thiophene rings is 1. The number of hydrogen-bond acceptors (Lipinski definition) is 3. The summed E-state index contributed by atoms with van der Waals surface area (Å²) in [5.74, 6) is 6.39. The van der Waals surface area contributed by atoms with Gasteiger partial charge >= 0.3 is 0 Å². The highest BCUT2D eigenvalue weighted by molar-refractivity contribution is 7.10. The van der Waals surface area contributed by atoms with Crippen LogP contribution >= 0.6 is 22.9 Å². The minimum Gasteiger partial charge on any atom is -0.271 e. The standard InChI is InChI=1S/C13H23ClN2S/c1-3-5-6-10(4-2)9-12(16-15)13-11(14)7-8-17-13/h7-8,10,12,16H,3-6,9,15H2,1-2H3. The van der Waals surface area contributed by atoms with Crippen LogP contribution in [-0.4, -0.2) is 0 Å².